The highest BCUT2D eigenvalue weighted by Crippen LogP contribution is 2.20. The third-order valence-corrected chi connectivity index (χ3v) is 4.84. The third-order valence-electron chi connectivity index (χ3n) is 4.84. The molecule has 8 nitrogen and oxygen atoms in total. The summed E-state index contributed by atoms with van der Waals surface area (Å²) >= 11 is 0. The van der Waals surface area contributed by atoms with Crippen LogP contribution in [0.2, 0.25) is 0 Å². The molecule has 0 aromatic carbocycles. The van der Waals surface area contributed by atoms with E-state index in [9.17, 15) is 9.59 Å². The van der Waals surface area contributed by atoms with Gasteiger partial charge in [-0.15, -0.1) is 0 Å². The average molecular weight is 344 g/mol. The lowest BCUT2D eigenvalue weighted by molar-refractivity contribution is 0.0886. The summed E-state index contributed by atoms with van der Waals surface area (Å²) in [6.07, 6.45) is 2.63. The van der Waals surface area contributed by atoms with Crippen LogP contribution in [0.5, 0.6) is 0 Å². The summed E-state index contributed by atoms with van der Waals surface area (Å²) in [5.41, 5.74) is 2.65. The molecule has 2 amide bonds. The number of nitrogens with one attached hydrogen (secondary N) is 2. The smallest absolute Gasteiger partial charge is 0.272 e. The van der Waals surface area contributed by atoms with Crippen LogP contribution in [0, 0.1) is 13.8 Å². The third kappa shape index (κ3) is 3.57. The van der Waals surface area contributed by atoms with Crippen molar-refractivity contribution in [2.24, 2.45) is 14.1 Å². The molecule has 3 rings (SSSR count). The number of amides is 2. The predicted octanol–water partition coefficient (Wildman–Crippen LogP) is 0.851. The Bertz CT molecular complexity index is 701. The second-order valence-corrected chi connectivity index (χ2v) is 6.68. The quantitative estimate of drug-likeness (QED) is 0.860. The van der Waals surface area contributed by atoms with E-state index in [0.717, 1.165) is 30.7 Å². The van der Waals surface area contributed by atoms with Crippen LogP contribution in [0.4, 0.5) is 0 Å². The van der Waals surface area contributed by atoms with Crippen LogP contribution in [-0.4, -0.2) is 43.5 Å². The van der Waals surface area contributed by atoms with E-state index in [0.29, 0.717) is 11.4 Å². The SMILES string of the molecule is Cc1cc(C(=O)N[C@H]2CCC[C@H]2NC(=O)c2cc(C)n(C)n2)nn1C. The van der Waals surface area contributed by atoms with Gasteiger partial charge in [0, 0.05) is 37.6 Å². The van der Waals surface area contributed by atoms with Gasteiger partial charge in [-0.05, 0) is 45.2 Å². The van der Waals surface area contributed by atoms with E-state index < -0.39 is 0 Å². The average Bonchev–Trinajstić information content (AvgIpc) is 3.22. The standard InChI is InChI=1S/C17H24N6O2/c1-10-8-14(20-22(10)3)16(24)18-12-6-5-7-13(12)19-17(25)15-9-11(2)23(4)21-15/h8-9,12-13H,5-7H2,1-4H3,(H,18,24)(H,19,25)/t12-,13+. The number of carbonyl (C=O) groups excluding carboxylic acids is 2. The molecule has 1 aliphatic carbocycles. The molecule has 0 bridgehead atoms. The first-order chi connectivity index (χ1) is 11.8. The number of aryl methyl sites for hydroxylation is 4. The van der Waals surface area contributed by atoms with E-state index in [2.05, 4.69) is 20.8 Å². The van der Waals surface area contributed by atoms with Gasteiger partial charge in [0.2, 0.25) is 0 Å². The highest BCUT2D eigenvalue weighted by molar-refractivity contribution is 5.94. The maximum absolute atomic E-state index is 12.4. The molecule has 2 aromatic rings. The Morgan fingerprint density at radius 3 is 1.64 bits per heavy atom. The molecule has 8 heteroatoms. The molecular formula is C17H24N6O2. The van der Waals surface area contributed by atoms with Gasteiger partial charge in [0.05, 0.1) is 0 Å². The van der Waals surface area contributed by atoms with E-state index >= 15 is 0 Å². The van der Waals surface area contributed by atoms with Crippen molar-refractivity contribution < 1.29 is 9.59 Å². The first kappa shape index (κ1) is 17.2. The second-order valence-electron chi connectivity index (χ2n) is 6.68. The fourth-order valence-electron chi connectivity index (χ4n) is 3.13. The minimum Gasteiger partial charge on any atom is -0.346 e. The van der Waals surface area contributed by atoms with Crippen molar-refractivity contribution in [3.8, 4) is 0 Å². The molecule has 0 radical (unpaired) electrons. The molecule has 2 aromatic heterocycles. The zero-order chi connectivity index (χ0) is 18.1. The number of rotatable bonds is 4. The molecule has 1 fully saturated rings. The summed E-state index contributed by atoms with van der Waals surface area (Å²) in [7, 11) is 3.61. The van der Waals surface area contributed by atoms with E-state index in [4.69, 9.17) is 0 Å². The van der Waals surface area contributed by atoms with Crippen molar-refractivity contribution in [1.82, 2.24) is 30.2 Å². The van der Waals surface area contributed by atoms with E-state index in [1.807, 2.05) is 13.8 Å². The van der Waals surface area contributed by atoms with Gasteiger partial charge in [-0.1, -0.05) is 0 Å². The van der Waals surface area contributed by atoms with E-state index in [1.165, 1.54) is 0 Å². The van der Waals surface area contributed by atoms with Crippen LogP contribution in [0.15, 0.2) is 12.1 Å². The minimum absolute atomic E-state index is 0.0939. The minimum atomic E-state index is -0.205. The molecule has 0 unspecified atom stereocenters. The maximum Gasteiger partial charge on any atom is 0.272 e. The van der Waals surface area contributed by atoms with Crippen LogP contribution >= 0.6 is 0 Å². The molecule has 0 aliphatic heterocycles. The number of carbonyl (C=O) groups is 2. The van der Waals surface area contributed by atoms with Gasteiger partial charge in [0.15, 0.2) is 0 Å². The summed E-state index contributed by atoms with van der Waals surface area (Å²) < 4.78 is 3.35. The monoisotopic (exact) mass is 344 g/mol. The number of nitrogens with zero attached hydrogens (tertiary/aromatic N) is 4. The fourth-order valence-corrected chi connectivity index (χ4v) is 3.13. The Morgan fingerprint density at radius 2 is 1.32 bits per heavy atom. The maximum atomic E-state index is 12.4. The molecular weight excluding hydrogens is 320 g/mol. The first-order valence-corrected chi connectivity index (χ1v) is 8.48. The summed E-state index contributed by atoms with van der Waals surface area (Å²) in [5.74, 6) is -0.410. The first-order valence-electron chi connectivity index (χ1n) is 8.48. The zero-order valence-corrected chi connectivity index (χ0v) is 15.0. The van der Waals surface area contributed by atoms with Gasteiger partial charge < -0.3 is 10.6 Å². The van der Waals surface area contributed by atoms with Crippen LogP contribution in [0.25, 0.3) is 0 Å². The topological polar surface area (TPSA) is 93.8 Å². The molecule has 2 heterocycles. The van der Waals surface area contributed by atoms with Gasteiger partial charge in [-0.2, -0.15) is 10.2 Å². The van der Waals surface area contributed by atoms with Gasteiger partial charge >= 0.3 is 0 Å². The number of aromatic nitrogens is 4. The van der Waals surface area contributed by atoms with Gasteiger partial charge in [-0.25, -0.2) is 0 Å². The lowest BCUT2D eigenvalue weighted by Gasteiger charge is -2.21. The second kappa shape index (κ2) is 6.70. The molecule has 1 saturated carbocycles. The van der Waals surface area contributed by atoms with Gasteiger partial charge in [0.1, 0.15) is 11.4 Å². The predicted molar refractivity (Wildman–Crippen MR) is 92.2 cm³/mol. The molecule has 134 valence electrons. The summed E-state index contributed by atoms with van der Waals surface area (Å²) in [6.45, 7) is 3.80. The Morgan fingerprint density at radius 1 is 0.920 bits per heavy atom. The Labute approximate surface area is 146 Å². The normalized spacial score (nSPS) is 19.8. The van der Waals surface area contributed by atoms with Crippen LogP contribution in [0.3, 0.4) is 0 Å². The molecule has 0 saturated heterocycles. The molecule has 1 aliphatic rings. The summed E-state index contributed by atoms with van der Waals surface area (Å²) in [5, 5.41) is 14.4. The van der Waals surface area contributed by atoms with Gasteiger partial charge in [-0.3, -0.25) is 19.0 Å². The molecule has 2 atom stereocenters. The van der Waals surface area contributed by atoms with Gasteiger partial charge in [0.25, 0.3) is 11.8 Å². The zero-order valence-electron chi connectivity index (χ0n) is 15.0. The Kier molecular flexibility index (Phi) is 4.61. The molecule has 0 spiro atoms. The highest BCUT2D eigenvalue weighted by atomic mass is 16.2. The van der Waals surface area contributed by atoms with Crippen molar-refractivity contribution in [2.45, 2.75) is 45.2 Å². The molecule has 2 N–H and O–H groups in total. The van der Waals surface area contributed by atoms with Crippen molar-refractivity contribution in [3.63, 3.8) is 0 Å². The van der Waals surface area contributed by atoms with Crippen molar-refractivity contribution in [2.75, 3.05) is 0 Å². The fraction of sp³-hybridized carbons (Fsp3) is 0.529. The number of hydrogen-bond acceptors (Lipinski definition) is 4. The van der Waals surface area contributed by atoms with E-state index in [-0.39, 0.29) is 23.9 Å². The highest BCUT2D eigenvalue weighted by Gasteiger charge is 2.31. The number of hydrogen-bond donors (Lipinski definition) is 2. The Balaban J connectivity index is 1.64. The van der Waals surface area contributed by atoms with Crippen LogP contribution in [-0.2, 0) is 14.1 Å². The largest absolute Gasteiger partial charge is 0.346 e. The summed E-state index contributed by atoms with van der Waals surface area (Å²) in [4.78, 5) is 24.8. The van der Waals surface area contributed by atoms with E-state index in [1.54, 1.807) is 35.6 Å². The van der Waals surface area contributed by atoms with Crippen molar-refractivity contribution >= 4 is 11.8 Å². The lowest BCUT2D eigenvalue weighted by atomic mass is 10.1. The molecule has 25 heavy (non-hydrogen) atoms. The Hall–Kier alpha value is -2.64. The summed E-state index contributed by atoms with van der Waals surface area (Å²) in [6, 6.07) is 3.33. The van der Waals surface area contributed by atoms with Crippen LogP contribution < -0.4 is 10.6 Å². The van der Waals surface area contributed by atoms with Crippen molar-refractivity contribution in [1.29, 1.82) is 0 Å². The van der Waals surface area contributed by atoms with Crippen LogP contribution in [0.1, 0.15) is 51.6 Å². The lowest BCUT2D eigenvalue weighted by Crippen LogP contribution is -2.48. The van der Waals surface area contributed by atoms with Crippen molar-refractivity contribution in [3.05, 3.63) is 34.9 Å².